The number of nitrogens with zero attached hydrogens (tertiary/aromatic N) is 2. The van der Waals surface area contributed by atoms with E-state index in [1.165, 1.54) is 13.0 Å². The van der Waals surface area contributed by atoms with Crippen molar-refractivity contribution in [2.75, 3.05) is 24.5 Å². The van der Waals surface area contributed by atoms with Gasteiger partial charge in [-0.25, -0.2) is 9.80 Å². The highest BCUT2D eigenvalue weighted by molar-refractivity contribution is 6.03. The van der Waals surface area contributed by atoms with Crippen LogP contribution in [0.25, 0.3) is 10.9 Å². The molecule has 0 radical (unpaired) electrons. The van der Waals surface area contributed by atoms with Crippen LogP contribution in [0.15, 0.2) is 72.9 Å². The van der Waals surface area contributed by atoms with Crippen molar-refractivity contribution in [1.29, 1.82) is 0 Å². The highest BCUT2D eigenvalue weighted by Gasteiger charge is 2.17. The summed E-state index contributed by atoms with van der Waals surface area (Å²) in [5.74, 6) is 2.04. The maximum absolute atomic E-state index is 12.9. The van der Waals surface area contributed by atoms with E-state index < -0.39 is 6.03 Å². The molecule has 0 aliphatic rings. The van der Waals surface area contributed by atoms with Gasteiger partial charge in [-0.1, -0.05) is 12.1 Å². The number of ether oxygens (including phenoxy) is 3. The van der Waals surface area contributed by atoms with Crippen molar-refractivity contribution in [1.82, 2.24) is 10.4 Å². The number of fused-ring (bicyclic) bond motifs is 1. The molecule has 0 saturated heterocycles. The quantitative estimate of drug-likeness (QED) is 0.190. The fraction of sp³-hybridized carbons (Fsp3) is 0.111. The summed E-state index contributed by atoms with van der Waals surface area (Å²) in [7, 11) is 3.11. The summed E-state index contributed by atoms with van der Waals surface area (Å²) in [5.41, 5.74) is 4.22. The van der Waals surface area contributed by atoms with E-state index in [4.69, 9.17) is 14.2 Å². The minimum Gasteiger partial charge on any atom is -0.493 e. The van der Waals surface area contributed by atoms with Gasteiger partial charge in [-0.15, -0.1) is 0 Å². The summed E-state index contributed by atoms with van der Waals surface area (Å²) in [6, 6.07) is 17.7. The largest absolute Gasteiger partial charge is 0.493 e. The molecule has 188 valence electrons. The normalized spacial score (nSPS) is 10.4. The Morgan fingerprint density at radius 3 is 2.32 bits per heavy atom. The third-order valence-electron chi connectivity index (χ3n) is 5.44. The fourth-order valence-corrected chi connectivity index (χ4v) is 3.62. The van der Waals surface area contributed by atoms with Crippen molar-refractivity contribution in [2.45, 2.75) is 6.92 Å². The lowest BCUT2D eigenvalue weighted by molar-refractivity contribution is -0.109. The van der Waals surface area contributed by atoms with Crippen LogP contribution in [-0.4, -0.2) is 37.4 Å². The van der Waals surface area contributed by atoms with Crippen molar-refractivity contribution in [3.8, 4) is 23.0 Å². The van der Waals surface area contributed by atoms with E-state index in [1.807, 2.05) is 0 Å². The van der Waals surface area contributed by atoms with Gasteiger partial charge in [-0.05, 0) is 55.5 Å². The van der Waals surface area contributed by atoms with Crippen LogP contribution in [0.3, 0.4) is 0 Å². The molecule has 10 nitrogen and oxygen atoms in total. The number of hydrogen-bond acceptors (Lipinski definition) is 7. The molecule has 10 heteroatoms. The summed E-state index contributed by atoms with van der Waals surface area (Å²) in [6.45, 7) is 1.42. The van der Waals surface area contributed by atoms with E-state index in [0.29, 0.717) is 51.9 Å². The topological polar surface area (TPSA) is 119 Å². The molecule has 3 amide bonds. The van der Waals surface area contributed by atoms with Crippen LogP contribution in [0.5, 0.6) is 23.0 Å². The first-order chi connectivity index (χ1) is 17.9. The van der Waals surface area contributed by atoms with Crippen molar-refractivity contribution in [3.05, 3.63) is 78.5 Å². The molecule has 0 unspecified atom stereocenters. The number of carbonyl (C=O) groups excluding carboxylic acids is 3. The van der Waals surface area contributed by atoms with Gasteiger partial charge >= 0.3 is 6.03 Å². The van der Waals surface area contributed by atoms with Crippen LogP contribution in [0.4, 0.5) is 16.2 Å². The molecule has 0 bridgehead atoms. The number of Topliss-reactive ketones (excluding diaryl/α,β-unsaturated/α-hetero) is 1. The Bertz CT molecular complexity index is 1460. The zero-order chi connectivity index (χ0) is 26.4. The monoisotopic (exact) mass is 500 g/mol. The number of anilines is 2. The van der Waals surface area contributed by atoms with Crippen molar-refractivity contribution < 1.29 is 28.6 Å². The van der Waals surface area contributed by atoms with Gasteiger partial charge in [0.2, 0.25) is 6.41 Å². The lowest BCUT2D eigenvalue weighted by atomic mass is 10.1. The molecule has 4 aromatic rings. The van der Waals surface area contributed by atoms with Gasteiger partial charge < -0.3 is 19.5 Å². The minimum absolute atomic E-state index is 0.163. The number of ketones is 1. The highest BCUT2D eigenvalue weighted by Crippen LogP contribution is 2.37. The standard InChI is InChI=1S/C27H24N4O6/c1-17(33)18-5-4-6-20(13-18)31(29-16-32)27(34)30-19-7-9-21(10-8-19)37-24-11-12-28-23-15-26(36-3)25(35-2)14-22(23)24/h4-16H,1-3H3,(H,29,32)(H,30,34). The number of carbonyl (C=O) groups is 3. The molecule has 0 saturated carbocycles. The van der Waals surface area contributed by atoms with Crippen molar-refractivity contribution in [3.63, 3.8) is 0 Å². The van der Waals surface area contributed by atoms with E-state index >= 15 is 0 Å². The SMILES string of the molecule is COc1cc2nccc(Oc3ccc(NC(=O)N(NC=O)c4cccc(C(C)=O)c4)cc3)c2cc1OC. The smallest absolute Gasteiger partial charge is 0.345 e. The van der Waals surface area contributed by atoms with Crippen LogP contribution in [0, 0.1) is 0 Å². The maximum atomic E-state index is 12.9. The van der Waals surface area contributed by atoms with Crippen molar-refractivity contribution in [2.24, 2.45) is 0 Å². The highest BCUT2D eigenvalue weighted by atomic mass is 16.5. The second-order valence-electron chi connectivity index (χ2n) is 7.78. The zero-order valence-electron chi connectivity index (χ0n) is 20.3. The molecule has 2 N–H and O–H groups in total. The van der Waals surface area contributed by atoms with Crippen LogP contribution >= 0.6 is 0 Å². The number of amides is 3. The predicted octanol–water partition coefficient (Wildman–Crippen LogP) is 4.95. The Morgan fingerprint density at radius 1 is 0.919 bits per heavy atom. The number of hydrogen-bond donors (Lipinski definition) is 2. The summed E-state index contributed by atoms with van der Waals surface area (Å²) >= 11 is 0. The number of aromatic nitrogens is 1. The second-order valence-corrected chi connectivity index (χ2v) is 7.78. The third kappa shape index (κ3) is 5.59. The average Bonchev–Trinajstić information content (AvgIpc) is 2.92. The maximum Gasteiger partial charge on any atom is 0.345 e. The van der Waals surface area contributed by atoms with Gasteiger partial charge in [0.25, 0.3) is 0 Å². The predicted molar refractivity (Wildman–Crippen MR) is 139 cm³/mol. The number of rotatable bonds is 9. The molecule has 1 aromatic heterocycles. The van der Waals surface area contributed by atoms with Gasteiger partial charge in [0, 0.05) is 28.9 Å². The van der Waals surface area contributed by atoms with E-state index in [9.17, 15) is 14.4 Å². The lowest BCUT2D eigenvalue weighted by Gasteiger charge is -2.22. The first-order valence-electron chi connectivity index (χ1n) is 11.1. The first-order valence-corrected chi connectivity index (χ1v) is 11.1. The Morgan fingerprint density at radius 2 is 1.65 bits per heavy atom. The fourth-order valence-electron chi connectivity index (χ4n) is 3.62. The Hall–Kier alpha value is -5.12. The Labute approximate surface area is 212 Å². The van der Waals surface area contributed by atoms with Gasteiger partial charge in [-0.3, -0.25) is 20.0 Å². The molecular weight excluding hydrogens is 476 g/mol. The number of pyridine rings is 1. The summed E-state index contributed by atoms with van der Waals surface area (Å²) in [4.78, 5) is 40.1. The van der Waals surface area contributed by atoms with Crippen LogP contribution in [-0.2, 0) is 4.79 Å². The molecule has 0 fully saturated rings. The third-order valence-corrected chi connectivity index (χ3v) is 5.44. The summed E-state index contributed by atoms with van der Waals surface area (Å²) < 4.78 is 16.8. The van der Waals surface area contributed by atoms with Gasteiger partial charge in [0.1, 0.15) is 11.5 Å². The first kappa shape index (κ1) is 25.0. The number of methoxy groups -OCH3 is 2. The van der Waals surface area contributed by atoms with E-state index in [0.717, 1.165) is 10.4 Å². The minimum atomic E-state index is -0.623. The molecule has 0 atom stereocenters. The van der Waals surface area contributed by atoms with E-state index in [1.54, 1.807) is 81.1 Å². The van der Waals surface area contributed by atoms with Gasteiger partial charge in [0.05, 0.1) is 25.4 Å². The van der Waals surface area contributed by atoms with Gasteiger partial charge in [-0.2, -0.15) is 0 Å². The zero-order valence-corrected chi connectivity index (χ0v) is 20.3. The van der Waals surface area contributed by atoms with Crippen molar-refractivity contribution >= 4 is 40.5 Å². The second kappa shape index (κ2) is 11.1. The Balaban J connectivity index is 1.52. The molecule has 3 aromatic carbocycles. The summed E-state index contributed by atoms with van der Waals surface area (Å²) in [6.07, 6.45) is 2.01. The van der Waals surface area contributed by atoms with Gasteiger partial charge in [0.15, 0.2) is 17.3 Å². The average molecular weight is 501 g/mol. The molecule has 0 aliphatic carbocycles. The van der Waals surface area contributed by atoms with Crippen LogP contribution in [0.2, 0.25) is 0 Å². The Kier molecular flexibility index (Phi) is 7.48. The summed E-state index contributed by atoms with van der Waals surface area (Å²) in [5, 5.41) is 4.45. The number of hydrazine groups is 1. The van der Waals surface area contributed by atoms with Crippen LogP contribution < -0.4 is 30.0 Å². The molecule has 1 heterocycles. The molecule has 4 rings (SSSR count). The van der Waals surface area contributed by atoms with E-state index in [-0.39, 0.29) is 5.78 Å². The molecule has 0 spiro atoms. The number of urea groups is 1. The molecular formula is C27H24N4O6. The number of nitrogens with one attached hydrogen (secondary N) is 2. The molecule has 0 aliphatic heterocycles. The number of benzene rings is 3. The lowest BCUT2D eigenvalue weighted by Crippen LogP contribution is -2.45. The van der Waals surface area contributed by atoms with Crippen LogP contribution in [0.1, 0.15) is 17.3 Å². The van der Waals surface area contributed by atoms with E-state index in [2.05, 4.69) is 15.7 Å². The molecule has 37 heavy (non-hydrogen) atoms.